The molecule has 2 heterocycles. The minimum Gasteiger partial charge on any atom is -0.162 e. The lowest BCUT2D eigenvalue weighted by Gasteiger charge is -2.43. The van der Waals surface area contributed by atoms with E-state index in [4.69, 9.17) is 0 Å². The van der Waals surface area contributed by atoms with Crippen molar-refractivity contribution in [3.63, 3.8) is 0 Å². The van der Waals surface area contributed by atoms with Crippen LogP contribution in [0.1, 0.15) is 16.7 Å². The van der Waals surface area contributed by atoms with E-state index < -0.39 is 10.0 Å². The Hall–Kier alpha value is -2.77. The van der Waals surface area contributed by atoms with Crippen molar-refractivity contribution < 1.29 is 0 Å². The van der Waals surface area contributed by atoms with Crippen LogP contribution < -0.4 is 0 Å². The van der Waals surface area contributed by atoms with Crippen LogP contribution in [0.2, 0.25) is 0 Å². The molecule has 0 aromatic heterocycles. The van der Waals surface area contributed by atoms with Crippen LogP contribution in [0.15, 0.2) is 94.1 Å². The third-order valence-electron chi connectivity index (χ3n) is 5.70. The summed E-state index contributed by atoms with van der Waals surface area (Å²) in [7, 11) is -1.17. The van der Waals surface area contributed by atoms with Gasteiger partial charge in [0.25, 0.3) is 0 Å². The highest BCUT2D eigenvalue weighted by Gasteiger charge is 2.37. The monoisotopic (exact) mass is 350 g/mol. The smallest absolute Gasteiger partial charge is 0.00711 e. The molecule has 0 radical (unpaired) electrons. The first-order valence-electron chi connectivity index (χ1n) is 9.05. The maximum Gasteiger partial charge on any atom is 0.00711 e. The average molecular weight is 350 g/mol. The van der Waals surface area contributed by atoms with Gasteiger partial charge in [-0.1, -0.05) is 72.8 Å². The fraction of sp³-hybridized carbons (Fsp3) is 0.0400. The van der Waals surface area contributed by atoms with Crippen molar-refractivity contribution in [3.8, 4) is 0 Å². The second-order valence-electron chi connectivity index (χ2n) is 7.10. The lowest BCUT2D eigenvalue weighted by molar-refractivity contribution is 1.40. The lowest BCUT2D eigenvalue weighted by Crippen LogP contribution is -2.11. The van der Waals surface area contributed by atoms with Crippen molar-refractivity contribution in [2.75, 3.05) is 5.75 Å². The summed E-state index contributed by atoms with van der Waals surface area (Å²) in [4.78, 5) is 3.04. The van der Waals surface area contributed by atoms with E-state index in [-0.39, 0.29) is 0 Å². The molecule has 0 fully saturated rings. The van der Waals surface area contributed by atoms with Gasteiger partial charge in [-0.05, 0) is 56.7 Å². The van der Waals surface area contributed by atoms with Gasteiger partial charge in [-0.15, -0.1) is 0 Å². The van der Waals surface area contributed by atoms with Gasteiger partial charge in [0.1, 0.15) is 0 Å². The number of rotatable bonds is 0. The molecule has 1 aliphatic carbocycles. The number of hydrogen-bond acceptors (Lipinski definition) is 0. The molecule has 1 unspecified atom stereocenters. The molecule has 0 saturated heterocycles. The first kappa shape index (κ1) is 14.4. The predicted molar refractivity (Wildman–Crippen MR) is 115 cm³/mol. The molecule has 1 heteroatoms. The van der Waals surface area contributed by atoms with Crippen LogP contribution >= 0.6 is 10.0 Å². The second kappa shape index (κ2) is 5.12. The topological polar surface area (TPSA) is 0 Å². The molecule has 2 aliphatic heterocycles. The molecule has 0 bridgehead atoms. The number of benzene rings is 3. The van der Waals surface area contributed by atoms with E-state index in [1.165, 1.54) is 42.8 Å². The van der Waals surface area contributed by atoms with Crippen LogP contribution in [-0.2, 0) is 0 Å². The molecule has 1 spiro atoms. The van der Waals surface area contributed by atoms with E-state index in [9.17, 15) is 0 Å². The minimum atomic E-state index is -1.17. The van der Waals surface area contributed by atoms with Crippen LogP contribution in [-0.4, -0.2) is 5.75 Å². The van der Waals surface area contributed by atoms with E-state index in [1.807, 2.05) is 0 Å². The van der Waals surface area contributed by atoms with Crippen LogP contribution in [0.25, 0.3) is 28.5 Å². The SMILES string of the molecule is C1=CS2(CC=Cc3cc4ccccc4cc32)C2=Cc3ccccc3C2=C1. The van der Waals surface area contributed by atoms with Gasteiger partial charge >= 0.3 is 0 Å². The zero-order valence-electron chi connectivity index (χ0n) is 14.4. The molecule has 1 atom stereocenters. The Bertz CT molecular complexity index is 1210. The zero-order valence-corrected chi connectivity index (χ0v) is 15.2. The summed E-state index contributed by atoms with van der Waals surface area (Å²) in [5.41, 5.74) is 5.55. The minimum absolute atomic E-state index is 1.10. The van der Waals surface area contributed by atoms with E-state index >= 15 is 0 Å². The van der Waals surface area contributed by atoms with Crippen molar-refractivity contribution in [1.82, 2.24) is 0 Å². The van der Waals surface area contributed by atoms with Gasteiger partial charge in [-0.2, -0.15) is 10.0 Å². The molecule has 3 aliphatic rings. The molecular formula is C25H18S. The summed E-state index contributed by atoms with van der Waals surface area (Å²) in [5, 5.41) is 5.16. The highest BCUT2D eigenvalue weighted by molar-refractivity contribution is 8.39. The summed E-state index contributed by atoms with van der Waals surface area (Å²) in [6.45, 7) is 0. The largest absolute Gasteiger partial charge is 0.162 e. The molecule has 0 saturated carbocycles. The summed E-state index contributed by atoms with van der Waals surface area (Å²) >= 11 is 0. The number of hydrogen-bond donors (Lipinski definition) is 0. The third-order valence-corrected chi connectivity index (χ3v) is 9.30. The molecule has 3 aromatic rings. The first-order chi connectivity index (χ1) is 12.9. The maximum absolute atomic E-state index is 2.49. The highest BCUT2D eigenvalue weighted by Crippen LogP contribution is 2.72. The molecule has 0 nitrogen and oxygen atoms in total. The van der Waals surface area contributed by atoms with Crippen molar-refractivity contribution >= 4 is 38.5 Å². The molecule has 0 N–H and O–H groups in total. The van der Waals surface area contributed by atoms with Gasteiger partial charge in [0.2, 0.25) is 0 Å². The quantitative estimate of drug-likeness (QED) is 0.409. The summed E-state index contributed by atoms with van der Waals surface area (Å²) in [6.07, 6.45) is 11.7. The summed E-state index contributed by atoms with van der Waals surface area (Å²) < 4.78 is 0. The van der Waals surface area contributed by atoms with Gasteiger partial charge in [0.05, 0.1) is 0 Å². The Morgan fingerprint density at radius 3 is 2.54 bits per heavy atom. The number of allylic oxidation sites excluding steroid dienone is 3. The van der Waals surface area contributed by atoms with Crippen LogP contribution in [0.3, 0.4) is 0 Å². The normalized spacial score (nSPS) is 24.5. The van der Waals surface area contributed by atoms with Gasteiger partial charge in [-0.3, -0.25) is 0 Å². The van der Waals surface area contributed by atoms with Crippen molar-refractivity contribution in [1.29, 1.82) is 0 Å². The number of fused-ring (bicyclic) bond motifs is 7. The van der Waals surface area contributed by atoms with E-state index in [0.29, 0.717) is 0 Å². The lowest BCUT2D eigenvalue weighted by atomic mass is 10.1. The molecule has 0 amide bonds. The second-order valence-corrected chi connectivity index (χ2v) is 10.2. The maximum atomic E-state index is 2.49. The van der Waals surface area contributed by atoms with Crippen LogP contribution in [0, 0.1) is 0 Å². The summed E-state index contributed by atoms with van der Waals surface area (Å²) in [6, 6.07) is 22.3. The van der Waals surface area contributed by atoms with Gasteiger partial charge in [-0.25, -0.2) is 0 Å². The van der Waals surface area contributed by atoms with E-state index in [2.05, 4.69) is 96.5 Å². The summed E-state index contributed by atoms with van der Waals surface area (Å²) in [5.74, 6) is 1.10. The Morgan fingerprint density at radius 2 is 1.62 bits per heavy atom. The van der Waals surface area contributed by atoms with E-state index in [0.717, 1.165) is 5.75 Å². The fourth-order valence-electron chi connectivity index (χ4n) is 4.47. The zero-order chi connectivity index (χ0) is 17.1. The molecule has 26 heavy (non-hydrogen) atoms. The highest BCUT2D eigenvalue weighted by atomic mass is 32.3. The Kier molecular flexibility index (Phi) is 2.84. The Morgan fingerprint density at radius 1 is 0.808 bits per heavy atom. The van der Waals surface area contributed by atoms with Gasteiger partial charge < -0.3 is 0 Å². The first-order valence-corrected chi connectivity index (χ1v) is 10.9. The molecule has 124 valence electrons. The van der Waals surface area contributed by atoms with Crippen molar-refractivity contribution in [2.24, 2.45) is 0 Å². The Balaban J connectivity index is 1.64. The molecular weight excluding hydrogens is 332 g/mol. The van der Waals surface area contributed by atoms with E-state index in [1.54, 1.807) is 0 Å². The van der Waals surface area contributed by atoms with Gasteiger partial charge in [0.15, 0.2) is 0 Å². The third kappa shape index (κ3) is 1.81. The van der Waals surface area contributed by atoms with Gasteiger partial charge in [0, 0.05) is 15.6 Å². The van der Waals surface area contributed by atoms with Crippen molar-refractivity contribution in [3.05, 3.63) is 106 Å². The fourth-order valence-corrected chi connectivity index (χ4v) is 8.01. The molecule has 6 rings (SSSR count). The Labute approximate surface area is 155 Å². The predicted octanol–water partition coefficient (Wildman–Crippen LogP) is 7.00. The van der Waals surface area contributed by atoms with Crippen molar-refractivity contribution in [2.45, 2.75) is 4.90 Å². The standard InChI is InChI=1S/C25H18S/c1-2-8-19-16-24-21(15-18(19)7-1)10-5-13-26(24)14-6-12-23-22-11-4-3-9-20(22)17-25(23)26/h1-12,14-17H,13H2. The average Bonchev–Trinajstić information content (AvgIpc) is 3.07. The molecule has 3 aromatic carbocycles. The van der Waals surface area contributed by atoms with Crippen LogP contribution in [0.4, 0.5) is 0 Å². The van der Waals surface area contributed by atoms with Crippen LogP contribution in [0.5, 0.6) is 0 Å².